The molecular weight excluding hydrogens is 522 g/mol. The van der Waals surface area contributed by atoms with Crippen molar-refractivity contribution in [3.8, 4) is 11.3 Å². The third kappa shape index (κ3) is 7.03. The Morgan fingerprint density at radius 2 is 2.16 bits per heavy atom. The van der Waals surface area contributed by atoms with E-state index in [1.54, 1.807) is 24.5 Å². The van der Waals surface area contributed by atoms with E-state index in [0.717, 1.165) is 51.8 Å². The van der Waals surface area contributed by atoms with Crippen LogP contribution in [0, 0.1) is 6.92 Å². The van der Waals surface area contributed by atoms with Crippen molar-refractivity contribution in [2.75, 3.05) is 17.2 Å². The minimum Gasteiger partial charge on any atom is -0.391 e. The van der Waals surface area contributed by atoms with Crippen molar-refractivity contribution in [2.24, 2.45) is 0 Å². The Morgan fingerprint density at radius 3 is 3.00 bits per heavy atom. The highest BCUT2D eigenvalue weighted by Crippen LogP contribution is 2.30. The van der Waals surface area contributed by atoms with Gasteiger partial charge in [-0.3, -0.25) is 9.78 Å². The summed E-state index contributed by atoms with van der Waals surface area (Å²) in [6.45, 7) is 2.70. The number of amides is 1. The zero-order valence-corrected chi connectivity index (χ0v) is 22.3. The van der Waals surface area contributed by atoms with Crippen LogP contribution in [-0.2, 0) is 14.4 Å². The average Bonchev–Trinajstić information content (AvgIpc) is 3.62. The highest BCUT2D eigenvalue weighted by atomic mass is 32.1. The van der Waals surface area contributed by atoms with Gasteiger partial charge in [0, 0.05) is 52.6 Å². The van der Waals surface area contributed by atoms with Gasteiger partial charge in [-0.15, -0.1) is 22.7 Å². The van der Waals surface area contributed by atoms with Gasteiger partial charge in [0.1, 0.15) is 6.26 Å². The fraction of sp³-hybridized carbons (Fsp3) is 0.222. The number of ether oxygens (including phenoxy) is 1. The number of pyridine rings is 1. The molecule has 1 saturated heterocycles. The molecule has 1 aliphatic heterocycles. The average molecular weight is 550 g/mol. The van der Waals surface area contributed by atoms with Gasteiger partial charge < -0.3 is 20.2 Å². The molecule has 38 heavy (non-hydrogen) atoms. The third-order valence-corrected chi connectivity index (χ3v) is 7.52. The molecule has 0 spiro atoms. The molecule has 9 nitrogen and oxygen atoms in total. The molecule has 3 aromatic heterocycles. The van der Waals surface area contributed by atoms with E-state index in [-0.39, 0.29) is 12.2 Å². The van der Waals surface area contributed by atoms with Crippen molar-refractivity contribution in [3.63, 3.8) is 0 Å². The van der Waals surface area contributed by atoms with Gasteiger partial charge in [-0.1, -0.05) is 6.07 Å². The summed E-state index contributed by atoms with van der Waals surface area (Å²) in [5, 5.41) is 9.09. The first-order chi connectivity index (χ1) is 18.6. The predicted molar refractivity (Wildman–Crippen MR) is 150 cm³/mol. The third-order valence-electron chi connectivity index (χ3n) is 5.72. The molecule has 1 unspecified atom stereocenters. The fourth-order valence-corrected chi connectivity index (χ4v) is 5.22. The second kappa shape index (κ2) is 12.8. The Kier molecular flexibility index (Phi) is 8.74. The number of nitrogens with one attached hydrogen (secondary N) is 3. The fourth-order valence-electron chi connectivity index (χ4n) is 3.70. The summed E-state index contributed by atoms with van der Waals surface area (Å²) < 4.78 is 5.44. The summed E-state index contributed by atoms with van der Waals surface area (Å²) in [5.41, 5.74) is 6.85. The van der Waals surface area contributed by atoms with Gasteiger partial charge in [0.25, 0.3) is 5.91 Å². The largest absolute Gasteiger partial charge is 0.391 e. The van der Waals surface area contributed by atoms with E-state index in [1.165, 1.54) is 28.9 Å². The van der Waals surface area contributed by atoms with Crippen LogP contribution in [0.4, 0.5) is 16.5 Å². The minimum absolute atomic E-state index is 0.186. The topological polar surface area (TPSA) is 107 Å². The lowest BCUT2D eigenvalue weighted by Gasteiger charge is -2.21. The predicted octanol–water partition coefficient (Wildman–Crippen LogP) is 6.52. The number of thiazole rings is 1. The quantitative estimate of drug-likeness (QED) is 0.117. The molecule has 4 heterocycles. The van der Waals surface area contributed by atoms with Crippen molar-refractivity contribution in [1.82, 2.24) is 15.6 Å². The van der Waals surface area contributed by atoms with Gasteiger partial charge in [0.05, 0.1) is 10.6 Å². The van der Waals surface area contributed by atoms with E-state index in [4.69, 9.17) is 14.4 Å². The second-order valence-electron chi connectivity index (χ2n) is 8.51. The summed E-state index contributed by atoms with van der Waals surface area (Å²) in [5.74, 6) is -0.186. The van der Waals surface area contributed by atoms with E-state index >= 15 is 0 Å². The number of hydrogen-bond acceptors (Lipinski definition) is 10. The normalized spacial score (nSPS) is 15.4. The van der Waals surface area contributed by atoms with Gasteiger partial charge in [-0.2, -0.15) is 0 Å². The highest BCUT2D eigenvalue weighted by Gasteiger charge is 2.14. The maximum Gasteiger partial charge on any atom is 0.265 e. The molecule has 4 aromatic rings. The standard InChI is InChI=1S/C27H27N5O4S2/c1-18-7-8-20(15-22(18)30-27-31-23(17-37-27)19-5-4-12-28-16-19)29-26(33)24-10-9-21(38-24)11-14-35-32-36-25-6-2-3-13-34-25/h4-5,7-12,14-17,25,32H,2-3,6,13H2,1H3,(H,29,33)(H,30,31)/b14-11+. The number of anilines is 3. The first kappa shape index (κ1) is 26.0. The molecule has 1 amide bonds. The molecule has 196 valence electrons. The van der Waals surface area contributed by atoms with Crippen LogP contribution in [0.2, 0.25) is 0 Å². The number of nitrogens with zero attached hydrogens (tertiary/aromatic N) is 2. The maximum atomic E-state index is 12.9. The molecule has 0 bridgehead atoms. The second-order valence-corrected chi connectivity index (χ2v) is 10.5. The van der Waals surface area contributed by atoms with Gasteiger partial charge in [0.2, 0.25) is 0 Å². The molecule has 5 rings (SSSR count). The molecule has 1 aromatic carbocycles. The maximum absolute atomic E-state index is 12.9. The smallest absolute Gasteiger partial charge is 0.265 e. The van der Waals surface area contributed by atoms with Crippen LogP contribution in [0.25, 0.3) is 17.3 Å². The van der Waals surface area contributed by atoms with Gasteiger partial charge in [-0.25, -0.2) is 9.82 Å². The van der Waals surface area contributed by atoms with Crippen LogP contribution < -0.4 is 16.3 Å². The lowest BCUT2D eigenvalue weighted by molar-refractivity contribution is -0.260. The lowest BCUT2D eigenvalue weighted by atomic mass is 10.2. The zero-order valence-electron chi connectivity index (χ0n) is 20.7. The lowest BCUT2D eigenvalue weighted by Crippen LogP contribution is -2.28. The number of rotatable bonds is 10. The molecule has 0 saturated carbocycles. The Hall–Kier alpha value is -3.61. The van der Waals surface area contributed by atoms with Crippen LogP contribution in [0.1, 0.15) is 39.4 Å². The number of benzene rings is 1. The van der Waals surface area contributed by atoms with Crippen LogP contribution in [0.5, 0.6) is 0 Å². The molecule has 0 aliphatic carbocycles. The van der Waals surface area contributed by atoms with Crippen molar-refractivity contribution in [1.29, 1.82) is 0 Å². The van der Waals surface area contributed by atoms with Crippen molar-refractivity contribution < 1.29 is 19.2 Å². The monoisotopic (exact) mass is 549 g/mol. The van der Waals surface area contributed by atoms with Crippen LogP contribution in [0.3, 0.4) is 0 Å². The molecule has 1 fully saturated rings. The van der Waals surface area contributed by atoms with Crippen molar-refractivity contribution in [2.45, 2.75) is 32.5 Å². The highest BCUT2D eigenvalue weighted by molar-refractivity contribution is 7.15. The number of thiophene rings is 1. The van der Waals surface area contributed by atoms with Crippen LogP contribution >= 0.6 is 22.7 Å². The number of carbonyl (C=O) groups is 1. The number of aryl methyl sites for hydroxylation is 1. The van der Waals surface area contributed by atoms with E-state index in [2.05, 4.69) is 26.2 Å². The Morgan fingerprint density at radius 1 is 1.21 bits per heavy atom. The first-order valence-corrected chi connectivity index (χ1v) is 13.8. The molecular formula is C27H27N5O4S2. The van der Waals surface area contributed by atoms with E-state index in [9.17, 15) is 4.79 Å². The van der Waals surface area contributed by atoms with Crippen LogP contribution in [0.15, 0.2) is 66.5 Å². The number of aromatic nitrogens is 2. The zero-order chi connectivity index (χ0) is 26.2. The Labute approximate surface area is 228 Å². The molecule has 1 aliphatic rings. The molecule has 0 radical (unpaired) electrons. The summed E-state index contributed by atoms with van der Waals surface area (Å²) in [6, 6.07) is 13.2. The van der Waals surface area contributed by atoms with Gasteiger partial charge >= 0.3 is 0 Å². The first-order valence-electron chi connectivity index (χ1n) is 12.1. The van der Waals surface area contributed by atoms with E-state index < -0.39 is 0 Å². The Bertz CT molecular complexity index is 1380. The van der Waals surface area contributed by atoms with Crippen molar-refractivity contribution >= 4 is 51.2 Å². The van der Waals surface area contributed by atoms with Crippen LogP contribution in [-0.4, -0.2) is 28.8 Å². The SMILES string of the molecule is Cc1ccc(NC(=O)c2ccc(/C=C/ONOC3CCCCO3)s2)cc1Nc1nc(-c2cccnc2)cs1. The Balaban J connectivity index is 1.15. The molecule has 1 atom stereocenters. The summed E-state index contributed by atoms with van der Waals surface area (Å²) in [6.07, 6.45) is 9.41. The minimum atomic E-state index is -0.294. The molecule has 3 N–H and O–H groups in total. The summed E-state index contributed by atoms with van der Waals surface area (Å²) in [4.78, 5) is 33.6. The number of hydrogen-bond donors (Lipinski definition) is 3. The van der Waals surface area contributed by atoms with Crippen molar-refractivity contribution in [3.05, 3.63) is 81.8 Å². The van der Waals surface area contributed by atoms with E-state index in [0.29, 0.717) is 17.2 Å². The summed E-state index contributed by atoms with van der Waals surface area (Å²) in [7, 11) is 0. The van der Waals surface area contributed by atoms with Gasteiger partial charge in [-0.05, 0) is 73.4 Å². The summed E-state index contributed by atoms with van der Waals surface area (Å²) >= 11 is 2.87. The van der Waals surface area contributed by atoms with Gasteiger partial charge in [0.15, 0.2) is 11.4 Å². The van der Waals surface area contributed by atoms with E-state index in [1.807, 2.05) is 48.7 Å². The number of carbonyl (C=O) groups excluding carboxylic acids is 1. The molecule has 11 heteroatoms.